The summed E-state index contributed by atoms with van der Waals surface area (Å²) >= 11 is 3.29. The van der Waals surface area contributed by atoms with E-state index < -0.39 is 5.97 Å². The monoisotopic (exact) mass is 243 g/mol. The van der Waals surface area contributed by atoms with E-state index in [4.69, 9.17) is 5.11 Å². The SMILES string of the molecule is CCc1nc(CSC)sc1/C=C/C(=O)O. The summed E-state index contributed by atoms with van der Waals surface area (Å²) < 4.78 is 0. The van der Waals surface area contributed by atoms with Crippen molar-refractivity contribution in [1.29, 1.82) is 0 Å². The van der Waals surface area contributed by atoms with Gasteiger partial charge in [0.2, 0.25) is 0 Å². The van der Waals surface area contributed by atoms with Gasteiger partial charge in [-0.1, -0.05) is 6.92 Å². The van der Waals surface area contributed by atoms with Crippen molar-refractivity contribution in [2.75, 3.05) is 6.26 Å². The van der Waals surface area contributed by atoms with E-state index in [9.17, 15) is 4.79 Å². The summed E-state index contributed by atoms with van der Waals surface area (Å²) in [5.74, 6) is -0.0321. The molecule has 0 aliphatic rings. The third kappa shape index (κ3) is 3.68. The Labute approximate surface area is 97.2 Å². The first-order valence-electron chi connectivity index (χ1n) is 4.56. The van der Waals surface area contributed by atoms with Crippen molar-refractivity contribution in [1.82, 2.24) is 4.98 Å². The highest BCUT2D eigenvalue weighted by atomic mass is 32.2. The van der Waals surface area contributed by atoms with Crippen LogP contribution in [0.15, 0.2) is 6.08 Å². The fourth-order valence-electron chi connectivity index (χ4n) is 1.13. The Balaban J connectivity index is 2.89. The van der Waals surface area contributed by atoms with Crippen molar-refractivity contribution in [3.05, 3.63) is 21.7 Å². The van der Waals surface area contributed by atoms with Gasteiger partial charge in [0.25, 0.3) is 0 Å². The number of hydrogen-bond acceptors (Lipinski definition) is 4. The molecule has 0 aromatic carbocycles. The van der Waals surface area contributed by atoms with Gasteiger partial charge in [0.1, 0.15) is 5.01 Å². The molecule has 0 bridgehead atoms. The molecule has 0 saturated carbocycles. The van der Waals surface area contributed by atoms with Crippen LogP contribution in [0.5, 0.6) is 0 Å². The molecule has 0 amide bonds. The summed E-state index contributed by atoms with van der Waals surface area (Å²) in [5, 5.41) is 9.60. The Morgan fingerprint density at radius 1 is 1.67 bits per heavy atom. The maximum Gasteiger partial charge on any atom is 0.328 e. The number of carboxylic acid groups (broad SMARTS) is 1. The van der Waals surface area contributed by atoms with Crippen LogP contribution < -0.4 is 0 Å². The summed E-state index contributed by atoms with van der Waals surface area (Å²) in [6, 6.07) is 0. The van der Waals surface area contributed by atoms with E-state index >= 15 is 0 Å². The zero-order chi connectivity index (χ0) is 11.3. The minimum Gasteiger partial charge on any atom is -0.478 e. The second kappa shape index (κ2) is 5.92. The first-order valence-corrected chi connectivity index (χ1v) is 6.77. The van der Waals surface area contributed by atoms with E-state index in [2.05, 4.69) is 4.98 Å². The lowest BCUT2D eigenvalue weighted by Gasteiger charge is -1.89. The summed E-state index contributed by atoms with van der Waals surface area (Å²) in [7, 11) is 0. The van der Waals surface area contributed by atoms with Crippen LogP contribution in [0.1, 0.15) is 22.5 Å². The number of aliphatic carboxylic acids is 1. The standard InChI is InChI=1S/C10H13NO2S2/c1-3-7-8(4-5-10(12)13)15-9(11-7)6-14-2/h4-5H,3,6H2,1-2H3,(H,12,13)/b5-4+. The third-order valence-corrected chi connectivity index (χ3v) is 3.56. The lowest BCUT2D eigenvalue weighted by Crippen LogP contribution is -1.87. The van der Waals surface area contributed by atoms with E-state index in [1.54, 1.807) is 29.2 Å². The average Bonchev–Trinajstić information content (AvgIpc) is 2.58. The van der Waals surface area contributed by atoms with E-state index in [1.165, 1.54) is 0 Å². The quantitative estimate of drug-likeness (QED) is 0.808. The van der Waals surface area contributed by atoms with Crippen LogP contribution in [0.2, 0.25) is 0 Å². The van der Waals surface area contributed by atoms with Crippen LogP contribution in [-0.2, 0) is 17.0 Å². The molecule has 1 N–H and O–H groups in total. The van der Waals surface area contributed by atoms with Crippen LogP contribution in [0.4, 0.5) is 0 Å². The zero-order valence-corrected chi connectivity index (χ0v) is 10.3. The van der Waals surface area contributed by atoms with E-state index in [0.29, 0.717) is 0 Å². The van der Waals surface area contributed by atoms with Gasteiger partial charge < -0.3 is 5.11 Å². The number of aromatic nitrogens is 1. The van der Waals surface area contributed by atoms with Crippen molar-refractivity contribution in [3.8, 4) is 0 Å². The highest BCUT2D eigenvalue weighted by molar-refractivity contribution is 7.97. The molecule has 1 heterocycles. The van der Waals surface area contributed by atoms with Crippen molar-refractivity contribution in [2.45, 2.75) is 19.1 Å². The van der Waals surface area contributed by atoms with Crippen LogP contribution in [0, 0.1) is 0 Å². The molecule has 0 fully saturated rings. The van der Waals surface area contributed by atoms with E-state index in [-0.39, 0.29) is 0 Å². The number of thiazole rings is 1. The van der Waals surface area contributed by atoms with Crippen molar-refractivity contribution in [3.63, 3.8) is 0 Å². The summed E-state index contributed by atoms with van der Waals surface area (Å²) in [4.78, 5) is 15.8. The van der Waals surface area contributed by atoms with Gasteiger partial charge in [0.15, 0.2) is 0 Å². The molecule has 0 atom stereocenters. The summed E-state index contributed by atoms with van der Waals surface area (Å²) in [6.45, 7) is 2.02. The Morgan fingerprint density at radius 3 is 2.93 bits per heavy atom. The summed E-state index contributed by atoms with van der Waals surface area (Å²) in [5.41, 5.74) is 0.988. The fourth-order valence-corrected chi connectivity index (χ4v) is 2.88. The largest absolute Gasteiger partial charge is 0.478 e. The average molecular weight is 243 g/mol. The lowest BCUT2D eigenvalue weighted by atomic mass is 10.3. The molecule has 0 aliphatic heterocycles. The van der Waals surface area contributed by atoms with Gasteiger partial charge in [-0.25, -0.2) is 9.78 Å². The maximum absolute atomic E-state index is 10.4. The molecule has 15 heavy (non-hydrogen) atoms. The van der Waals surface area contributed by atoms with Gasteiger partial charge in [0, 0.05) is 11.8 Å². The molecule has 0 radical (unpaired) electrons. The number of hydrogen-bond donors (Lipinski definition) is 1. The second-order valence-corrected chi connectivity index (χ2v) is 4.86. The normalized spacial score (nSPS) is 11.1. The smallest absolute Gasteiger partial charge is 0.328 e. The topological polar surface area (TPSA) is 50.2 Å². The molecular formula is C10H13NO2S2. The molecule has 5 heteroatoms. The fraction of sp³-hybridized carbons (Fsp3) is 0.400. The predicted octanol–water partition coefficient (Wildman–Crippen LogP) is 2.67. The molecule has 0 aliphatic carbocycles. The molecule has 0 saturated heterocycles. The van der Waals surface area contributed by atoms with Crippen molar-refractivity contribution >= 4 is 35.1 Å². The first-order chi connectivity index (χ1) is 7.17. The van der Waals surface area contributed by atoms with Crippen molar-refractivity contribution < 1.29 is 9.90 Å². The van der Waals surface area contributed by atoms with Crippen molar-refractivity contribution in [2.24, 2.45) is 0 Å². The van der Waals surface area contributed by atoms with Gasteiger partial charge >= 0.3 is 5.97 Å². The number of carbonyl (C=O) groups is 1. The Morgan fingerprint density at radius 2 is 2.40 bits per heavy atom. The molecule has 82 valence electrons. The van der Waals surface area contributed by atoms with E-state index in [0.717, 1.165) is 33.8 Å². The van der Waals surface area contributed by atoms with Crippen LogP contribution in [-0.4, -0.2) is 22.3 Å². The Bertz CT molecular complexity index is 371. The first kappa shape index (κ1) is 12.3. The second-order valence-electron chi connectivity index (χ2n) is 2.88. The Hall–Kier alpha value is -0.810. The molecule has 1 rings (SSSR count). The molecule has 0 unspecified atom stereocenters. The molecular weight excluding hydrogens is 230 g/mol. The highest BCUT2D eigenvalue weighted by Gasteiger charge is 2.06. The van der Waals surface area contributed by atoms with Gasteiger partial charge in [-0.2, -0.15) is 11.8 Å². The van der Waals surface area contributed by atoms with E-state index in [1.807, 2.05) is 13.2 Å². The van der Waals surface area contributed by atoms with Gasteiger partial charge in [0.05, 0.1) is 10.6 Å². The highest BCUT2D eigenvalue weighted by Crippen LogP contribution is 2.23. The third-order valence-electron chi connectivity index (χ3n) is 1.75. The van der Waals surface area contributed by atoms with Crippen LogP contribution >= 0.6 is 23.1 Å². The van der Waals surface area contributed by atoms with Gasteiger partial charge in [-0.05, 0) is 18.8 Å². The number of nitrogens with zero attached hydrogens (tertiary/aromatic N) is 1. The van der Waals surface area contributed by atoms with Gasteiger partial charge in [-0.3, -0.25) is 0 Å². The lowest BCUT2D eigenvalue weighted by molar-refractivity contribution is -0.131. The minimum absolute atomic E-state index is 0.837. The molecule has 1 aromatic rings. The number of rotatable bonds is 5. The molecule has 1 aromatic heterocycles. The van der Waals surface area contributed by atoms with Crippen LogP contribution in [0.25, 0.3) is 6.08 Å². The minimum atomic E-state index is -0.920. The summed E-state index contributed by atoms with van der Waals surface area (Å²) in [6.07, 6.45) is 5.65. The Kier molecular flexibility index (Phi) is 4.84. The number of thioether (sulfide) groups is 1. The molecule has 0 spiro atoms. The zero-order valence-electron chi connectivity index (χ0n) is 8.69. The number of carboxylic acids is 1. The van der Waals surface area contributed by atoms with Crippen LogP contribution in [0.3, 0.4) is 0 Å². The predicted molar refractivity (Wildman–Crippen MR) is 65.4 cm³/mol. The van der Waals surface area contributed by atoms with Gasteiger partial charge in [-0.15, -0.1) is 11.3 Å². The number of aryl methyl sites for hydroxylation is 1. The molecule has 3 nitrogen and oxygen atoms in total. The maximum atomic E-state index is 10.4.